The fourth-order valence-corrected chi connectivity index (χ4v) is 3.02. The summed E-state index contributed by atoms with van der Waals surface area (Å²) < 4.78 is 50.2. The van der Waals surface area contributed by atoms with Gasteiger partial charge in [-0.2, -0.15) is 0 Å². The Morgan fingerprint density at radius 3 is 1.94 bits per heavy atom. The summed E-state index contributed by atoms with van der Waals surface area (Å²) in [6.07, 6.45) is 4.59. The molecule has 0 radical (unpaired) electrons. The molecule has 0 fully saturated rings. The zero-order chi connectivity index (χ0) is 22.2. The number of halogens is 3. The topological polar surface area (TPSA) is 35.5 Å². The zero-order valence-electron chi connectivity index (χ0n) is 17.2. The fourth-order valence-electron chi connectivity index (χ4n) is 3.02. The van der Waals surface area contributed by atoms with E-state index in [1.165, 1.54) is 12.8 Å². The molecular formula is C25H23F3O3. The van der Waals surface area contributed by atoms with Gasteiger partial charge in [-0.05, 0) is 41.8 Å². The first-order valence-corrected chi connectivity index (χ1v) is 10.2. The molecule has 0 saturated carbocycles. The van der Waals surface area contributed by atoms with E-state index < -0.39 is 29.2 Å². The molecule has 31 heavy (non-hydrogen) atoms. The minimum Gasteiger partial charge on any atom is -0.494 e. The summed E-state index contributed by atoms with van der Waals surface area (Å²) in [5.74, 6) is -4.87. The fraction of sp³-hybridized carbons (Fsp3) is 0.240. The number of unbranched alkanes of at least 4 members (excludes halogenated alkanes) is 3. The Bertz CT molecular complexity index is 992. The van der Waals surface area contributed by atoms with Gasteiger partial charge in [0.05, 0.1) is 12.2 Å². The van der Waals surface area contributed by atoms with Crippen LogP contribution in [-0.2, 0) is 0 Å². The largest absolute Gasteiger partial charge is 0.494 e. The van der Waals surface area contributed by atoms with Crippen LogP contribution in [0.1, 0.15) is 43.0 Å². The number of carbonyl (C=O) groups excluding carboxylic acids is 1. The SMILES string of the molecule is CCCCCCOc1ccc(-c2ccc(C(=O)Oc3cc(F)c(F)c(F)c3)cc2)cc1. The number of carbonyl (C=O) groups is 1. The molecule has 3 rings (SSSR count). The molecular weight excluding hydrogens is 405 g/mol. The second kappa shape index (κ2) is 10.7. The Kier molecular flexibility index (Phi) is 7.70. The first-order chi connectivity index (χ1) is 15.0. The van der Waals surface area contributed by atoms with Crippen LogP contribution >= 0.6 is 0 Å². The van der Waals surface area contributed by atoms with Crippen molar-refractivity contribution in [1.82, 2.24) is 0 Å². The molecule has 0 heterocycles. The van der Waals surface area contributed by atoms with Crippen molar-refractivity contribution in [2.45, 2.75) is 32.6 Å². The van der Waals surface area contributed by atoms with Gasteiger partial charge < -0.3 is 9.47 Å². The van der Waals surface area contributed by atoms with Crippen molar-refractivity contribution in [3.05, 3.63) is 83.7 Å². The lowest BCUT2D eigenvalue weighted by Crippen LogP contribution is -2.09. The first-order valence-electron chi connectivity index (χ1n) is 10.2. The molecule has 3 aromatic rings. The minimum atomic E-state index is -1.61. The van der Waals surface area contributed by atoms with Crippen LogP contribution in [-0.4, -0.2) is 12.6 Å². The average molecular weight is 428 g/mol. The molecule has 0 aliphatic carbocycles. The van der Waals surface area contributed by atoms with E-state index in [9.17, 15) is 18.0 Å². The third-order valence-electron chi connectivity index (χ3n) is 4.74. The standard InChI is InChI=1S/C25H23F3O3/c1-2-3-4-5-14-30-20-12-10-18(11-13-20)17-6-8-19(9-7-17)25(29)31-21-15-22(26)24(28)23(27)16-21/h6-13,15-16H,2-5,14H2,1H3. The summed E-state index contributed by atoms with van der Waals surface area (Å²) in [5, 5.41) is 0. The smallest absolute Gasteiger partial charge is 0.343 e. The molecule has 0 aliphatic heterocycles. The Hall–Kier alpha value is -3.28. The van der Waals surface area contributed by atoms with Gasteiger partial charge in [0.1, 0.15) is 11.5 Å². The molecule has 0 aliphatic rings. The van der Waals surface area contributed by atoms with Crippen LogP contribution in [0.3, 0.4) is 0 Å². The maximum atomic E-state index is 13.3. The molecule has 6 heteroatoms. The Labute approximate surface area is 179 Å². The van der Waals surface area contributed by atoms with Gasteiger partial charge in [0.15, 0.2) is 17.5 Å². The number of hydrogen-bond donors (Lipinski definition) is 0. The Balaban J connectivity index is 1.60. The van der Waals surface area contributed by atoms with Crippen LogP contribution in [0.4, 0.5) is 13.2 Å². The van der Waals surface area contributed by atoms with Crippen LogP contribution < -0.4 is 9.47 Å². The van der Waals surface area contributed by atoms with Crippen LogP contribution in [0.15, 0.2) is 60.7 Å². The molecule has 0 atom stereocenters. The molecule has 3 aromatic carbocycles. The van der Waals surface area contributed by atoms with E-state index in [2.05, 4.69) is 6.92 Å². The lowest BCUT2D eigenvalue weighted by Gasteiger charge is -2.08. The van der Waals surface area contributed by atoms with E-state index >= 15 is 0 Å². The van der Waals surface area contributed by atoms with Gasteiger partial charge in [-0.3, -0.25) is 0 Å². The quantitative estimate of drug-likeness (QED) is 0.160. The number of rotatable bonds is 9. The molecule has 0 bridgehead atoms. The van der Waals surface area contributed by atoms with Crippen molar-refractivity contribution >= 4 is 5.97 Å². The molecule has 162 valence electrons. The summed E-state index contributed by atoms with van der Waals surface area (Å²) in [4.78, 5) is 12.2. The van der Waals surface area contributed by atoms with Gasteiger partial charge in [-0.25, -0.2) is 18.0 Å². The third-order valence-corrected chi connectivity index (χ3v) is 4.74. The average Bonchev–Trinajstić information content (AvgIpc) is 2.78. The van der Waals surface area contributed by atoms with Crippen LogP contribution in [0.25, 0.3) is 11.1 Å². The highest BCUT2D eigenvalue weighted by molar-refractivity contribution is 5.91. The second-order valence-electron chi connectivity index (χ2n) is 7.10. The number of ether oxygens (including phenoxy) is 2. The molecule has 0 N–H and O–H groups in total. The third kappa shape index (κ3) is 6.10. The maximum absolute atomic E-state index is 13.3. The van der Waals surface area contributed by atoms with Gasteiger partial charge in [0.2, 0.25) is 0 Å². The van der Waals surface area contributed by atoms with Crippen molar-refractivity contribution in [3.63, 3.8) is 0 Å². The second-order valence-corrected chi connectivity index (χ2v) is 7.10. The van der Waals surface area contributed by atoms with E-state index in [1.54, 1.807) is 24.3 Å². The van der Waals surface area contributed by atoms with Crippen molar-refractivity contribution in [3.8, 4) is 22.6 Å². The highest BCUT2D eigenvalue weighted by atomic mass is 19.2. The Morgan fingerprint density at radius 1 is 0.774 bits per heavy atom. The lowest BCUT2D eigenvalue weighted by molar-refractivity contribution is 0.0733. The van der Waals surface area contributed by atoms with Gasteiger partial charge in [-0.1, -0.05) is 50.5 Å². The van der Waals surface area contributed by atoms with Crippen molar-refractivity contribution in [2.75, 3.05) is 6.61 Å². The number of esters is 1. The maximum Gasteiger partial charge on any atom is 0.343 e. The predicted molar refractivity (Wildman–Crippen MR) is 113 cm³/mol. The molecule has 0 aromatic heterocycles. The summed E-state index contributed by atoms with van der Waals surface area (Å²) in [6, 6.07) is 15.5. The molecule has 0 saturated heterocycles. The van der Waals surface area contributed by atoms with E-state index in [0.29, 0.717) is 18.7 Å². The predicted octanol–water partition coefficient (Wildman–Crippen LogP) is 6.95. The molecule has 3 nitrogen and oxygen atoms in total. The van der Waals surface area contributed by atoms with E-state index in [4.69, 9.17) is 9.47 Å². The highest BCUT2D eigenvalue weighted by Gasteiger charge is 2.15. The molecule has 0 unspecified atom stereocenters. The van der Waals surface area contributed by atoms with Crippen molar-refractivity contribution < 1.29 is 27.4 Å². The zero-order valence-corrected chi connectivity index (χ0v) is 17.2. The van der Waals surface area contributed by atoms with Crippen LogP contribution in [0, 0.1) is 17.5 Å². The summed E-state index contributed by atoms with van der Waals surface area (Å²) >= 11 is 0. The summed E-state index contributed by atoms with van der Waals surface area (Å²) in [5.41, 5.74) is 2.02. The normalized spacial score (nSPS) is 10.7. The monoisotopic (exact) mass is 428 g/mol. The summed E-state index contributed by atoms with van der Waals surface area (Å²) in [7, 11) is 0. The van der Waals surface area contributed by atoms with E-state index in [-0.39, 0.29) is 5.56 Å². The number of hydrogen-bond acceptors (Lipinski definition) is 3. The number of benzene rings is 3. The van der Waals surface area contributed by atoms with Crippen LogP contribution in [0.5, 0.6) is 11.5 Å². The highest BCUT2D eigenvalue weighted by Crippen LogP contribution is 2.24. The minimum absolute atomic E-state index is 0.195. The Morgan fingerprint density at radius 2 is 1.35 bits per heavy atom. The molecule has 0 amide bonds. The van der Waals surface area contributed by atoms with Gasteiger partial charge in [-0.15, -0.1) is 0 Å². The van der Waals surface area contributed by atoms with E-state index in [0.717, 1.165) is 29.7 Å². The first kappa shape index (κ1) is 22.4. The van der Waals surface area contributed by atoms with Crippen molar-refractivity contribution in [2.24, 2.45) is 0 Å². The summed E-state index contributed by atoms with van der Waals surface area (Å²) in [6.45, 7) is 2.86. The van der Waals surface area contributed by atoms with E-state index in [1.807, 2.05) is 24.3 Å². The van der Waals surface area contributed by atoms with Gasteiger partial charge in [0.25, 0.3) is 0 Å². The lowest BCUT2D eigenvalue weighted by atomic mass is 10.0. The van der Waals surface area contributed by atoms with Crippen molar-refractivity contribution in [1.29, 1.82) is 0 Å². The molecule has 0 spiro atoms. The van der Waals surface area contributed by atoms with Gasteiger partial charge >= 0.3 is 5.97 Å². The van der Waals surface area contributed by atoms with Crippen LogP contribution in [0.2, 0.25) is 0 Å². The van der Waals surface area contributed by atoms with Gasteiger partial charge in [0, 0.05) is 12.1 Å².